The molecule has 0 spiro atoms. The minimum absolute atomic E-state index is 0.0331. The monoisotopic (exact) mass is 221 g/mol. The first-order valence-electron chi connectivity index (χ1n) is 6.12. The van der Waals surface area contributed by atoms with Crippen LogP contribution in [0.1, 0.15) is 48.6 Å². The largest absolute Gasteiger partial charge is 0.394 e. The van der Waals surface area contributed by atoms with Gasteiger partial charge in [0.25, 0.3) is 0 Å². The molecule has 1 atom stereocenters. The summed E-state index contributed by atoms with van der Waals surface area (Å²) in [4.78, 5) is 0. The maximum Gasteiger partial charge on any atom is 0.0709 e. The van der Waals surface area contributed by atoms with Gasteiger partial charge in [-0.2, -0.15) is 5.10 Å². The standard InChI is InChI=1S/C12H19N3O/c1-15-9-3-2-6-12(13,7-16)10(9)11(14-15)8-4-5-8/h8,16H,2-7,13H2,1H3. The van der Waals surface area contributed by atoms with Crippen molar-refractivity contribution < 1.29 is 5.11 Å². The average molecular weight is 221 g/mol. The van der Waals surface area contributed by atoms with E-state index >= 15 is 0 Å². The first-order valence-corrected chi connectivity index (χ1v) is 6.12. The first kappa shape index (κ1) is 10.3. The van der Waals surface area contributed by atoms with Crippen LogP contribution in [0.25, 0.3) is 0 Å². The van der Waals surface area contributed by atoms with Crippen molar-refractivity contribution in [2.45, 2.75) is 43.6 Å². The van der Waals surface area contributed by atoms with E-state index in [9.17, 15) is 5.11 Å². The molecule has 0 aromatic carbocycles. The van der Waals surface area contributed by atoms with Crippen LogP contribution < -0.4 is 5.73 Å². The van der Waals surface area contributed by atoms with E-state index in [1.54, 1.807) is 0 Å². The van der Waals surface area contributed by atoms with Crippen molar-refractivity contribution in [3.05, 3.63) is 17.0 Å². The van der Waals surface area contributed by atoms with Gasteiger partial charge in [0.1, 0.15) is 0 Å². The highest BCUT2D eigenvalue weighted by Gasteiger charge is 2.41. The van der Waals surface area contributed by atoms with Gasteiger partial charge in [0.05, 0.1) is 17.8 Å². The second-order valence-electron chi connectivity index (χ2n) is 5.27. The van der Waals surface area contributed by atoms with Crippen molar-refractivity contribution in [2.75, 3.05) is 6.61 Å². The topological polar surface area (TPSA) is 64.1 Å². The van der Waals surface area contributed by atoms with Gasteiger partial charge in [-0.1, -0.05) is 0 Å². The number of fused-ring (bicyclic) bond motifs is 1. The molecule has 2 aliphatic carbocycles. The zero-order valence-corrected chi connectivity index (χ0v) is 9.74. The molecule has 0 amide bonds. The highest BCUT2D eigenvalue weighted by atomic mass is 16.3. The molecule has 4 nitrogen and oxygen atoms in total. The predicted molar refractivity (Wildman–Crippen MR) is 61.1 cm³/mol. The lowest BCUT2D eigenvalue weighted by atomic mass is 9.79. The molecule has 0 saturated heterocycles. The number of hydrogen-bond donors (Lipinski definition) is 2. The van der Waals surface area contributed by atoms with Crippen LogP contribution in [0.5, 0.6) is 0 Å². The summed E-state index contributed by atoms with van der Waals surface area (Å²) in [6.07, 6.45) is 5.43. The summed E-state index contributed by atoms with van der Waals surface area (Å²) in [5.74, 6) is 0.600. The minimum atomic E-state index is -0.542. The van der Waals surface area contributed by atoms with Crippen molar-refractivity contribution in [1.29, 1.82) is 0 Å². The Morgan fingerprint density at radius 2 is 2.31 bits per heavy atom. The van der Waals surface area contributed by atoms with Crippen LogP contribution in [0.4, 0.5) is 0 Å². The zero-order chi connectivity index (χ0) is 11.3. The third-order valence-corrected chi connectivity index (χ3v) is 3.97. The van der Waals surface area contributed by atoms with E-state index in [4.69, 9.17) is 5.73 Å². The lowest BCUT2D eigenvalue weighted by Gasteiger charge is -2.32. The van der Waals surface area contributed by atoms with Crippen molar-refractivity contribution >= 4 is 0 Å². The average Bonchev–Trinajstić information content (AvgIpc) is 3.06. The van der Waals surface area contributed by atoms with Gasteiger partial charge in [-0.15, -0.1) is 0 Å². The van der Waals surface area contributed by atoms with Gasteiger partial charge in [0, 0.05) is 24.2 Å². The maximum atomic E-state index is 9.57. The Balaban J connectivity index is 2.16. The molecule has 1 saturated carbocycles. The molecule has 1 aromatic rings. The fourth-order valence-corrected chi connectivity index (χ4v) is 2.91. The molecule has 0 aliphatic heterocycles. The summed E-state index contributed by atoms with van der Waals surface area (Å²) < 4.78 is 1.97. The minimum Gasteiger partial charge on any atom is -0.394 e. The molecule has 1 fully saturated rings. The van der Waals surface area contributed by atoms with Gasteiger partial charge < -0.3 is 10.8 Å². The van der Waals surface area contributed by atoms with E-state index in [1.165, 1.54) is 18.5 Å². The summed E-state index contributed by atoms with van der Waals surface area (Å²) in [5, 5.41) is 14.2. The van der Waals surface area contributed by atoms with E-state index in [-0.39, 0.29) is 6.61 Å². The lowest BCUT2D eigenvalue weighted by Crippen LogP contribution is -2.44. The summed E-state index contributed by atoms with van der Waals surface area (Å²) in [5.41, 5.74) is 9.36. The number of aromatic nitrogens is 2. The highest BCUT2D eigenvalue weighted by molar-refractivity contribution is 5.39. The zero-order valence-electron chi connectivity index (χ0n) is 9.74. The fourth-order valence-electron chi connectivity index (χ4n) is 2.91. The molecule has 1 unspecified atom stereocenters. The van der Waals surface area contributed by atoms with E-state index in [1.807, 2.05) is 11.7 Å². The molecular formula is C12H19N3O. The fraction of sp³-hybridized carbons (Fsp3) is 0.750. The summed E-state index contributed by atoms with van der Waals surface area (Å²) in [6.45, 7) is 0.0331. The molecule has 0 radical (unpaired) electrons. The number of aliphatic hydroxyl groups is 1. The quantitative estimate of drug-likeness (QED) is 0.775. The molecule has 4 heteroatoms. The summed E-state index contributed by atoms with van der Waals surface area (Å²) >= 11 is 0. The van der Waals surface area contributed by atoms with Crippen molar-refractivity contribution in [3.8, 4) is 0 Å². The van der Waals surface area contributed by atoms with Gasteiger partial charge in [-0.25, -0.2) is 0 Å². The molecule has 1 aromatic heterocycles. The van der Waals surface area contributed by atoms with Crippen molar-refractivity contribution in [2.24, 2.45) is 12.8 Å². The van der Waals surface area contributed by atoms with E-state index in [0.29, 0.717) is 5.92 Å². The maximum absolute atomic E-state index is 9.57. The van der Waals surface area contributed by atoms with Crippen molar-refractivity contribution in [3.63, 3.8) is 0 Å². The smallest absolute Gasteiger partial charge is 0.0709 e. The number of aryl methyl sites for hydroxylation is 1. The number of nitrogens with zero attached hydrogens (tertiary/aromatic N) is 2. The molecule has 0 bridgehead atoms. The van der Waals surface area contributed by atoms with Gasteiger partial charge in [-0.3, -0.25) is 4.68 Å². The normalized spacial score (nSPS) is 29.2. The Bertz CT molecular complexity index is 422. The summed E-state index contributed by atoms with van der Waals surface area (Å²) in [6, 6.07) is 0. The summed E-state index contributed by atoms with van der Waals surface area (Å²) in [7, 11) is 1.99. The molecule has 16 heavy (non-hydrogen) atoms. The number of aliphatic hydroxyl groups excluding tert-OH is 1. The predicted octanol–water partition coefficient (Wildman–Crippen LogP) is 0.780. The first-order chi connectivity index (χ1) is 7.65. The van der Waals surface area contributed by atoms with E-state index in [2.05, 4.69) is 5.10 Å². The lowest BCUT2D eigenvalue weighted by molar-refractivity contribution is 0.177. The Hall–Kier alpha value is -0.870. The van der Waals surface area contributed by atoms with Gasteiger partial charge >= 0.3 is 0 Å². The Morgan fingerprint density at radius 3 is 2.94 bits per heavy atom. The van der Waals surface area contributed by atoms with Crippen LogP contribution in [-0.2, 0) is 19.0 Å². The van der Waals surface area contributed by atoms with Crippen LogP contribution >= 0.6 is 0 Å². The van der Waals surface area contributed by atoms with Gasteiger partial charge in [-0.05, 0) is 32.1 Å². The van der Waals surface area contributed by atoms with Crippen LogP contribution in [0.15, 0.2) is 0 Å². The van der Waals surface area contributed by atoms with Gasteiger partial charge in [0.2, 0.25) is 0 Å². The van der Waals surface area contributed by atoms with Crippen LogP contribution in [0.3, 0.4) is 0 Å². The number of rotatable bonds is 2. The second-order valence-corrected chi connectivity index (χ2v) is 5.27. The molecule has 88 valence electrons. The Labute approximate surface area is 95.4 Å². The third kappa shape index (κ3) is 1.33. The Kier molecular flexibility index (Phi) is 2.13. The molecule has 3 N–H and O–H groups in total. The number of nitrogens with two attached hydrogens (primary N) is 1. The van der Waals surface area contributed by atoms with Gasteiger partial charge in [0.15, 0.2) is 0 Å². The molecule has 3 rings (SSSR count). The van der Waals surface area contributed by atoms with Crippen LogP contribution in [0, 0.1) is 0 Å². The third-order valence-electron chi connectivity index (χ3n) is 3.97. The second kappa shape index (κ2) is 3.31. The highest BCUT2D eigenvalue weighted by Crippen LogP contribution is 2.46. The molecule has 2 aliphatic rings. The van der Waals surface area contributed by atoms with Crippen LogP contribution in [-0.4, -0.2) is 21.5 Å². The van der Waals surface area contributed by atoms with Crippen molar-refractivity contribution in [1.82, 2.24) is 9.78 Å². The molecular weight excluding hydrogens is 202 g/mol. The molecule has 1 heterocycles. The SMILES string of the molecule is Cn1nc(C2CC2)c2c1CCCC2(N)CO. The number of hydrogen-bond acceptors (Lipinski definition) is 3. The van der Waals surface area contributed by atoms with E-state index < -0.39 is 5.54 Å². The van der Waals surface area contributed by atoms with E-state index in [0.717, 1.165) is 30.5 Å². The Morgan fingerprint density at radius 1 is 1.56 bits per heavy atom. The van der Waals surface area contributed by atoms with Crippen LogP contribution in [0.2, 0.25) is 0 Å².